The van der Waals surface area contributed by atoms with Crippen LogP contribution in [0.4, 0.5) is 11.4 Å². The van der Waals surface area contributed by atoms with Crippen molar-refractivity contribution in [3.8, 4) is 0 Å². The van der Waals surface area contributed by atoms with E-state index in [0.29, 0.717) is 19.8 Å². The number of nitrogen functional groups attached to an aromatic ring is 1. The molecule has 0 saturated carbocycles. The highest BCUT2D eigenvalue weighted by molar-refractivity contribution is 5.66. The number of benzene rings is 1. The summed E-state index contributed by atoms with van der Waals surface area (Å²) < 4.78 is 10.3. The van der Waals surface area contributed by atoms with Gasteiger partial charge in [-0.2, -0.15) is 0 Å². The van der Waals surface area contributed by atoms with Gasteiger partial charge in [0.2, 0.25) is 0 Å². The lowest BCUT2D eigenvalue weighted by Gasteiger charge is -2.20. The third-order valence-corrected chi connectivity index (χ3v) is 2.35. The summed E-state index contributed by atoms with van der Waals surface area (Å²) in [5.41, 5.74) is 7.70. The minimum Gasteiger partial charge on any atom is -0.397 e. The van der Waals surface area contributed by atoms with Gasteiger partial charge in [0.05, 0.1) is 31.2 Å². The molecule has 4 nitrogen and oxygen atoms in total. The monoisotopic (exact) mass is 224 g/mol. The Labute approximate surface area is 96.9 Å². The number of hydrogen-bond acceptors (Lipinski definition) is 4. The molecule has 0 aliphatic rings. The lowest BCUT2D eigenvalue weighted by molar-refractivity contribution is 0.0744. The average Bonchev–Trinajstić information content (AvgIpc) is 2.29. The zero-order valence-corrected chi connectivity index (χ0v) is 9.98. The summed E-state index contributed by atoms with van der Waals surface area (Å²) in [5, 5.41) is 0. The maximum absolute atomic E-state index is 5.87. The van der Waals surface area contributed by atoms with Crippen LogP contribution in [0.15, 0.2) is 24.3 Å². The highest BCUT2D eigenvalue weighted by Crippen LogP contribution is 2.20. The van der Waals surface area contributed by atoms with Crippen LogP contribution in [-0.2, 0) is 9.47 Å². The Morgan fingerprint density at radius 3 is 2.62 bits per heavy atom. The Morgan fingerprint density at radius 1 is 1.19 bits per heavy atom. The Hall–Kier alpha value is -1.26. The molecular weight excluding hydrogens is 204 g/mol. The number of methoxy groups -OCH3 is 1. The molecule has 0 spiro atoms. The van der Waals surface area contributed by atoms with Crippen molar-refractivity contribution in [1.82, 2.24) is 0 Å². The Bertz CT molecular complexity index is 305. The fraction of sp³-hybridized carbons (Fsp3) is 0.500. The van der Waals surface area contributed by atoms with Gasteiger partial charge in [-0.15, -0.1) is 0 Å². The smallest absolute Gasteiger partial charge is 0.0701 e. The summed E-state index contributed by atoms with van der Waals surface area (Å²) >= 11 is 0. The molecule has 0 aliphatic heterocycles. The minimum atomic E-state index is 0.634. The van der Waals surface area contributed by atoms with Crippen molar-refractivity contribution >= 4 is 11.4 Å². The molecule has 0 amide bonds. The van der Waals surface area contributed by atoms with Gasteiger partial charge < -0.3 is 20.1 Å². The number of ether oxygens (including phenoxy) is 2. The van der Waals surface area contributed by atoms with Gasteiger partial charge in [-0.25, -0.2) is 0 Å². The van der Waals surface area contributed by atoms with E-state index >= 15 is 0 Å². The van der Waals surface area contributed by atoms with Crippen molar-refractivity contribution in [2.24, 2.45) is 0 Å². The van der Waals surface area contributed by atoms with Crippen LogP contribution in [0.5, 0.6) is 0 Å². The summed E-state index contributed by atoms with van der Waals surface area (Å²) in [6.45, 7) is 2.76. The van der Waals surface area contributed by atoms with Crippen molar-refractivity contribution in [2.45, 2.75) is 0 Å². The molecule has 0 bridgehead atoms. The van der Waals surface area contributed by atoms with Crippen LogP contribution >= 0.6 is 0 Å². The molecule has 0 atom stereocenters. The van der Waals surface area contributed by atoms with Gasteiger partial charge in [-0.1, -0.05) is 12.1 Å². The number of likely N-dealkylation sites (N-methyl/N-ethyl adjacent to an activating group) is 1. The number of rotatable bonds is 7. The molecule has 4 heteroatoms. The van der Waals surface area contributed by atoms with Crippen molar-refractivity contribution in [2.75, 3.05) is 51.2 Å². The first kappa shape index (κ1) is 12.8. The first-order valence-corrected chi connectivity index (χ1v) is 5.38. The number of para-hydroxylation sites is 2. The van der Waals surface area contributed by atoms with Gasteiger partial charge in [0, 0.05) is 20.7 Å². The topological polar surface area (TPSA) is 47.7 Å². The van der Waals surface area contributed by atoms with E-state index < -0.39 is 0 Å². The molecule has 0 aromatic heterocycles. The van der Waals surface area contributed by atoms with Gasteiger partial charge in [0.15, 0.2) is 0 Å². The predicted octanol–water partition coefficient (Wildman–Crippen LogP) is 1.37. The van der Waals surface area contributed by atoms with Gasteiger partial charge in [-0.3, -0.25) is 0 Å². The van der Waals surface area contributed by atoms with Crippen molar-refractivity contribution in [1.29, 1.82) is 0 Å². The van der Waals surface area contributed by atoms with Crippen LogP contribution in [-0.4, -0.2) is 40.5 Å². The van der Waals surface area contributed by atoms with E-state index in [-0.39, 0.29) is 0 Å². The van der Waals surface area contributed by atoms with Gasteiger partial charge in [0.1, 0.15) is 0 Å². The maximum atomic E-state index is 5.87. The van der Waals surface area contributed by atoms with E-state index in [9.17, 15) is 0 Å². The Morgan fingerprint density at radius 2 is 1.94 bits per heavy atom. The number of anilines is 2. The van der Waals surface area contributed by atoms with Crippen molar-refractivity contribution in [3.05, 3.63) is 24.3 Å². The standard InChI is InChI=1S/C12H20N2O2/c1-14(7-8-16-10-9-15-2)12-6-4-3-5-11(12)13/h3-6H,7-10,13H2,1-2H3. The maximum Gasteiger partial charge on any atom is 0.0701 e. The van der Waals surface area contributed by atoms with E-state index in [1.165, 1.54) is 0 Å². The molecule has 90 valence electrons. The first-order valence-electron chi connectivity index (χ1n) is 5.38. The number of nitrogens with zero attached hydrogens (tertiary/aromatic N) is 1. The molecule has 1 rings (SSSR count). The summed E-state index contributed by atoms with van der Waals surface area (Å²) in [7, 11) is 3.67. The summed E-state index contributed by atoms with van der Waals surface area (Å²) in [5.74, 6) is 0. The lowest BCUT2D eigenvalue weighted by Crippen LogP contribution is -2.24. The lowest BCUT2D eigenvalue weighted by atomic mass is 10.2. The highest BCUT2D eigenvalue weighted by Gasteiger charge is 2.03. The van der Waals surface area contributed by atoms with Crippen LogP contribution in [0.1, 0.15) is 0 Å². The zero-order valence-electron chi connectivity index (χ0n) is 9.98. The summed E-state index contributed by atoms with van der Waals surface area (Å²) in [6.07, 6.45) is 0. The van der Waals surface area contributed by atoms with Crippen LogP contribution in [0, 0.1) is 0 Å². The first-order chi connectivity index (χ1) is 7.75. The minimum absolute atomic E-state index is 0.634. The van der Waals surface area contributed by atoms with Crippen molar-refractivity contribution < 1.29 is 9.47 Å². The highest BCUT2D eigenvalue weighted by atomic mass is 16.5. The molecule has 0 aliphatic carbocycles. The molecule has 16 heavy (non-hydrogen) atoms. The van der Waals surface area contributed by atoms with E-state index in [0.717, 1.165) is 17.9 Å². The Kier molecular flexibility index (Phi) is 5.67. The summed E-state index contributed by atoms with van der Waals surface area (Å²) in [6, 6.07) is 7.82. The fourth-order valence-electron chi connectivity index (χ4n) is 1.40. The Balaban J connectivity index is 2.30. The second-order valence-corrected chi connectivity index (χ2v) is 3.59. The van der Waals surface area contributed by atoms with Gasteiger partial charge in [-0.05, 0) is 12.1 Å². The summed E-state index contributed by atoms with van der Waals surface area (Å²) in [4.78, 5) is 2.09. The van der Waals surface area contributed by atoms with Gasteiger partial charge in [0.25, 0.3) is 0 Å². The largest absolute Gasteiger partial charge is 0.397 e. The SMILES string of the molecule is COCCOCCN(C)c1ccccc1N. The van der Waals surface area contributed by atoms with Crippen LogP contribution < -0.4 is 10.6 Å². The second-order valence-electron chi connectivity index (χ2n) is 3.59. The predicted molar refractivity (Wildman–Crippen MR) is 66.8 cm³/mol. The second kappa shape index (κ2) is 7.09. The van der Waals surface area contributed by atoms with Crippen LogP contribution in [0.3, 0.4) is 0 Å². The molecule has 0 fully saturated rings. The molecule has 0 radical (unpaired) electrons. The van der Waals surface area contributed by atoms with E-state index in [1.54, 1.807) is 7.11 Å². The molecule has 0 heterocycles. The molecule has 2 N–H and O–H groups in total. The quantitative estimate of drug-likeness (QED) is 0.561. The molecular formula is C12H20N2O2. The fourth-order valence-corrected chi connectivity index (χ4v) is 1.40. The molecule has 0 saturated heterocycles. The molecule has 0 unspecified atom stereocenters. The number of hydrogen-bond donors (Lipinski definition) is 1. The van der Waals surface area contributed by atoms with Crippen LogP contribution in [0.25, 0.3) is 0 Å². The third-order valence-electron chi connectivity index (χ3n) is 2.35. The molecule has 1 aromatic carbocycles. The van der Waals surface area contributed by atoms with Crippen LogP contribution in [0.2, 0.25) is 0 Å². The molecule has 1 aromatic rings. The normalized spacial score (nSPS) is 10.4. The zero-order chi connectivity index (χ0) is 11.8. The van der Waals surface area contributed by atoms with E-state index in [4.69, 9.17) is 15.2 Å². The van der Waals surface area contributed by atoms with E-state index in [1.807, 2.05) is 31.3 Å². The van der Waals surface area contributed by atoms with Gasteiger partial charge >= 0.3 is 0 Å². The average molecular weight is 224 g/mol. The third kappa shape index (κ3) is 4.08. The van der Waals surface area contributed by atoms with Crippen molar-refractivity contribution in [3.63, 3.8) is 0 Å². The number of nitrogens with two attached hydrogens (primary N) is 1. The van der Waals surface area contributed by atoms with E-state index in [2.05, 4.69) is 4.90 Å².